The molecule has 18 heavy (non-hydrogen) atoms. The maximum atomic E-state index is 13.5. The Morgan fingerprint density at radius 1 is 1.50 bits per heavy atom. The van der Waals surface area contributed by atoms with Crippen molar-refractivity contribution >= 4 is 33.4 Å². The van der Waals surface area contributed by atoms with Gasteiger partial charge in [0.05, 0.1) is 18.1 Å². The summed E-state index contributed by atoms with van der Waals surface area (Å²) < 4.78 is 13.5. The second-order valence-electron chi connectivity index (χ2n) is 3.93. The van der Waals surface area contributed by atoms with Gasteiger partial charge in [0.15, 0.2) is 0 Å². The Labute approximate surface area is 111 Å². The van der Waals surface area contributed by atoms with Gasteiger partial charge in [-0.3, -0.25) is 19.9 Å². The number of rotatable bonds is 3. The number of nitrogens with one attached hydrogen (secondary N) is 2. The number of amides is 2. The number of carbonyl (C=O) groups excluding carboxylic acids is 2. The normalized spacial score (nSPS) is 19.6. The third-order valence-electron chi connectivity index (χ3n) is 2.71. The summed E-state index contributed by atoms with van der Waals surface area (Å²) in [5.41, 5.74) is 0.871. The molecule has 1 saturated heterocycles. The Kier molecular flexibility index (Phi) is 3.90. The first-order valence-corrected chi connectivity index (χ1v) is 6.52. The van der Waals surface area contributed by atoms with E-state index in [2.05, 4.69) is 31.5 Å². The molecule has 0 aromatic carbocycles. The smallest absolute Gasteiger partial charge is 0.249 e. The summed E-state index contributed by atoms with van der Waals surface area (Å²) in [7, 11) is 0. The van der Waals surface area contributed by atoms with Gasteiger partial charge < -0.3 is 5.32 Å². The fourth-order valence-corrected chi connectivity index (χ4v) is 2.31. The van der Waals surface area contributed by atoms with Gasteiger partial charge in [0.25, 0.3) is 0 Å². The van der Waals surface area contributed by atoms with E-state index in [1.165, 1.54) is 6.20 Å². The van der Waals surface area contributed by atoms with E-state index in [0.717, 1.165) is 6.20 Å². The van der Waals surface area contributed by atoms with Crippen molar-refractivity contribution in [1.29, 1.82) is 0 Å². The predicted molar refractivity (Wildman–Crippen MR) is 66.6 cm³/mol. The number of piperidine rings is 1. The molecule has 1 aromatic rings. The number of nitrogens with zero attached hydrogens (tertiary/aromatic N) is 1. The third kappa shape index (κ3) is 2.66. The summed E-state index contributed by atoms with van der Waals surface area (Å²) >= 11 is 3.19. The first-order chi connectivity index (χ1) is 8.61. The van der Waals surface area contributed by atoms with E-state index in [-0.39, 0.29) is 12.3 Å². The van der Waals surface area contributed by atoms with Crippen molar-refractivity contribution in [2.45, 2.75) is 24.2 Å². The van der Waals surface area contributed by atoms with Crippen LogP contribution in [0.25, 0.3) is 0 Å². The highest BCUT2D eigenvalue weighted by molar-refractivity contribution is 9.08. The molecule has 0 bridgehead atoms. The lowest BCUT2D eigenvalue weighted by Gasteiger charge is -2.23. The molecule has 1 fully saturated rings. The first kappa shape index (κ1) is 12.9. The van der Waals surface area contributed by atoms with Crippen LogP contribution in [0.3, 0.4) is 0 Å². The minimum atomic E-state index is -0.538. The maximum absolute atomic E-state index is 13.5. The quantitative estimate of drug-likeness (QED) is 0.652. The summed E-state index contributed by atoms with van der Waals surface area (Å²) in [6.07, 6.45) is 3.24. The predicted octanol–water partition coefficient (Wildman–Crippen LogP) is 1.33. The number of hydrogen-bond acceptors (Lipinski definition) is 4. The van der Waals surface area contributed by atoms with Crippen LogP contribution in [0.5, 0.6) is 0 Å². The molecule has 2 heterocycles. The van der Waals surface area contributed by atoms with Crippen LogP contribution in [0, 0.1) is 5.82 Å². The molecule has 1 unspecified atom stereocenters. The molecule has 1 atom stereocenters. The first-order valence-electron chi connectivity index (χ1n) is 5.40. The maximum Gasteiger partial charge on any atom is 0.249 e. The van der Waals surface area contributed by atoms with Gasteiger partial charge in [0.2, 0.25) is 11.8 Å². The van der Waals surface area contributed by atoms with Crippen LogP contribution in [-0.2, 0) is 14.9 Å². The van der Waals surface area contributed by atoms with E-state index >= 15 is 0 Å². The van der Waals surface area contributed by atoms with Crippen LogP contribution in [0.4, 0.5) is 10.1 Å². The Morgan fingerprint density at radius 3 is 2.94 bits per heavy atom. The molecule has 7 heteroatoms. The molecular formula is C11H11BrFN3O2. The summed E-state index contributed by atoms with van der Waals surface area (Å²) in [5, 5.41) is 5.47. The van der Waals surface area contributed by atoms with E-state index < -0.39 is 17.8 Å². The van der Waals surface area contributed by atoms with Crippen LogP contribution >= 0.6 is 15.9 Å². The summed E-state index contributed by atoms with van der Waals surface area (Å²) in [6.45, 7) is 0. The second-order valence-corrected chi connectivity index (χ2v) is 4.49. The molecule has 0 aliphatic carbocycles. The van der Waals surface area contributed by atoms with Crippen molar-refractivity contribution in [3.05, 3.63) is 23.8 Å². The number of anilines is 1. The van der Waals surface area contributed by atoms with E-state index in [4.69, 9.17) is 0 Å². The van der Waals surface area contributed by atoms with Crippen LogP contribution < -0.4 is 10.6 Å². The number of aromatic nitrogens is 1. The number of alkyl halides is 1. The summed E-state index contributed by atoms with van der Waals surface area (Å²) in [6, 6.07) is -0.538. The van der Waals surface area contributed by atoms with Gasteiger partial charge >= 0.3 is 0 Å². The molecule has 0 saturated carbocycles. The highest BCUT2D eigenvalue weighted by Crippen LogP contribution is 2.22. The van der Waals surface area contributed by atoms with Crippen LogP contribution in [0.2, 0.25) is 0 Å². The Hall–Kier alpha value is -1.50. The molecule has 1 aromatic heterocycles. The lowest BCUT2D eigenvalue weighted by atomic mass is 10.1. The van der Waals surface area contributed by atoms with Gasteiger partial charge in [-0.05, 0) is 6.42 Å². The molecule has 0 radical (unpaired) electrons. The van der Waals surface area contributed by atoms with Crippen molar-refractivity contribution in [3.63, 3.8) is 0 Å². The minimum absolute atomic E-state index is 0.274. The standard InChI is InChI=1S/C11H11BrFN3O2/c12-3-6-7(13)4-14-5-9(6)15-8-1-2-10(17)16-11(8)18/h4-5,8,15H,1-3H2,(H,16,17,18). The van der Waals surface area contributed by atoms with Crippen LogP contribution in [0.1, 0.15) is 18.4 Å². The second kappa shape index (κ2) is 5.43. The van der Waals surface area contributed by atoms with Crippen molar-refractivity contribution in [2.75, 3.05) is 5.32 Å². The van der Waals surface area contributed by atoms with Gasteiger partial charge in [-0.25, -0.2) is 4.39 Å². The number of halogens is 2. The number of pyridine rings is 1. The number of carbonyl (C=O) groups is 2. The average Bonchev–Trinajstić information content (AvgIpc) is 2.33. The number of imide groups is 1. The van der Waals surface area contributed by atoms with Crippen LogP contribution in [0.15, 0.2) is 12.4 Å². The van der Waals surface area contributed by atoms with E-state index in [0.29, 0.717) is 23.0 Å². The fraction of sp³-hybridized carbons (Fsp3) is 0.364. The molecule has 5 nitrogen and oxygen atoms in total. The van der Waals surface area contributed by atoms with Gasteiger partial charge in [-0.2, -0.15) is 0 Å². The molecule has 2 amide bonds. The monoisotopic (exact) mass is 315 g/mol. The average molecular weight is 316 g/mol. The SMILES string of the molecule is O=C1CCC(Nc2cncc(F)c2CBr)C(=O)N1. The zero-order chi connectivity index (χ0) is 13.1. The fourth-order valence-electron chi connectivity index (χ4n) is 1.74. The Morgan fingerprint density at radius 2 is 2.28 bits per heavy atom. The van der Waals surface area contributed by atoms with E-state index in [1.54, 1.807) is 0 Å². The van der Waals surface area contributed by atoms with Gasteiger partial charge in [-0.15, -0.1) is 0 Å². The number of hydrogen-bond donors (Lipinski definition) is 2. The molecule has 1 aliphatic rings. The molecular weight excluding hydrogens is 305 g/mol. The Balaban J connectivity index is 2.17. The van der Waals surface area contributed by atoms with Crippen molar-refractivity contribution in [1.82, 2.24) is 10.3 Å². The topological polar surface area (TPSA) is 71.1 Å². The zero-order valence-electron chi connectivity index (χ0n) is 9.37. The van der Waals surface area contributed by atoms with E-state index in [9.17, 15) is 14.0 Å². The molecule has 2 N–H and O–H groups in total. The summed E-state index contributed by atoms with van der Waals surface area (Å²) in [5.74, 6) is -1.11. The van der Waals surface area contributed by atoms with Gasteiger partial charge in [0, 0.05) is 17.3 Å². The van der Waals surface area contributed by atoms with E-state index in [1.807, 2.05) is 0 Å². The highest BCUT2D eigenvalue weighted by atomic mass is 79.9. The zero-order valence-corrected chi connectivity index (χ0v) is 11.0. The minimum Gasteiger partial charge on any atom is -0.372 e. The molecule has 1 aliphatic heterocycles. The van der Waals surface area contributed by atoms with Gasteiger partial charge in [-0.1, -0.05) is 15.9 Å². The molecule has 96 valence electrons. The van der Waals surface area contributed by atoms with Crippen LogP contribution in [-0.4, -0.2) is 22.8 Å². The van der Waals surface area contributed by atoms with Crippen molar-refractivity contribution in [2.24, 2.45) is 0 Å². The van der Waals surface area contributed by atoms with Crippen molar-refractivity contribution in [3.8, 4) is 0 Å². The largest absolute Gasteiger partial charge is 0.372 e. The molecule has 2 rings (SSSR count). The Bertz CT molecular complexity index is 495. The molecule has 0 spiro atoms. The summed E-state index contributed by atoms with van der Waals surface area (Å²) in [4.78, 5) is 26.3. The lowest BCUT2D eigenvalue weighted by molar-refractivity contribution is -0.133. The van der Waals surface area contributed by atoms with Crippen molar-refractivity contribution < 1.29 is 14.0 Å². The third-order valence-corrected chi connectivity index (χ3v) is 3.27. The van der Waals surface area contributed by atoms with Gasteiger partial charge in [0.1, 0.15) is 11.9 Å². The highest BCUT2D eigenvalue weighted by Gasteiger charge is 2.27. The lowest BCUT2D eigenvalue weighted by Crippen LogP contribution is -2.47.